The summed E-state index contributed by atoms with van der Waals surface area (Å²) in [5.74, 6) is 6.28. The van der Waals surface area contributed by atoms with Gasteiger partial charge in [0.05, 0.1) is 4.92 Å². The van der Waals surface area contributed by atoms with Crippen LogP contribution in [0.3, 0.4) is 0 Å². The summed E-state index contributed by atoms with van der Waals surface area (Å²) in [7, 11) is 1.88. The van der Waals surface area contributed by atoms with Gasteiger partial charge in [0.2, 0.25) is 11.8 Å². The predicted octanol–water partition coefficient (Wildman–Crippen LogP) is 0.0585. The molecule has 106 valence electrons. The summed E-state index contributed by atoms with van der Waals surface area (Å²) in [6.07, 6.45) is 5.24. The number of nitrogens with zero attached hydrogens (tertiary/aromatic N) is 5. The van der Waals surface area contributed by atoms with Gasteiger partial charge < -0.3 is 9.88 Å². The van der Waals surface area contributed by atoms with E-state index in [4.69, 9.17) is 5.84 Å². The van der Waals surface area contributed by atoms with E-state index in [1.165, 1.54) is 0 Å². The molecule has 0 saturated carbocycles. The van der Waals surface area contributed by atoms with Crippen molar-refractivity contribution in [2.45, 2.75) is 6.42 Å². The third-order valence-electron chi connectivity index (χ3n) is 2.66. The number of imidazole rings is 1. The zero-order chi connectivity index (χ0) is 14.5. The van der Waals surface area contributed by atoms with E-state index in [9.17, 15) is 10.1 Å². The highest BCUT2D eigenvalue weighted by Crippen LogP contribution is 2.21. The second kappa shape index (κ2) is 5.93. The number of aromatic nitrogens is 4. The molecule has 20 heavy (non-hydrogen) atoms. The number of rotatable bonds is 6. The van der Waals surface area contributed by atoms with Crippen LogP contribution in [0.5, 0.6) is 0 Å². The monoisotopic (exact) mass is 278 g/mol. The molecule has 0 radical (unpaired) electrons. The molecular weight excluding hydrogens is 264 g/mol. The summed E-state index contributed by atoms with van der Waals surface area (Å²) < 4.78 is 1.88. The molecule has 10 heteroatoms. The lowest BCUT2D eigenvalue weighted by atomic mass is 10.4. The molecule has 0 fully saturated rings. The molecular formula is C10H14N8O2. The fourth-order valence-electron chi connectivity index (χ4n) is 1.64. The Morgan fingerprint density at radius 3 is 2.90 bits per heavy atom. The second-order valence-electron chi connectivity index (χ2n) is 3.96. The molecule has 0 amide bonds. The van der Waals surface area contributed by atoms with Crippen LogP contribution in [0.4, 0.5) is 17.5 Å². The molecule has 0 aliphatic carbocycles. The van der Waals surface area contributed by atoms with Crippen molar-refractivity contribution >= 4 is 17.5 Å². The average Bonchev–Trinajstić information content (AvgIpc) is 2.84. The Hall–Kier alpha value is -2.75. The molecule has 0 aliphatic rings. The predicted molar refractivity (Wildman–Crippen MR) is 71.9 cm³/mol. The van der Waals surface area contributed by atoms with Crippen LogP contribution in [0, 0.1) is 10.1 Å². The maximum atomic E-state index is 10.9. The Morgan fingerprint density at radius 2 is 2.30 bits per heavy atom. The number of aryl methyl sites for hydroxylation is 1. The summed E-state index contributed by atoms with van der Waals surface area (Å²) in [5, 5.41) is 13.8. The second-order valence-corrected chi connectivity index (χ2v) is 3.96. The van der Waals surface area contributed by atoms with Crippen LogP contribution in [0.25, 0.3) is 0 Å². The van der Waals surface area contributed by atoms with Crippen LogP contribution in [0.1, 0.15) is 5.82 Å². The van der Waals surface area contributed by atoms with Gasteiger partial charge in [-0.05, 0) is 0 Å². The molecule has 0 spiro atoms. The third-order valence-corrected chi connectivity index (χ3v) is 2.66. The number of nitrogen functional groups attached to an aromatic ring is 1. The van der Waals surface area contributed by atoms with Gasteiger partial charge in [-0.1, -0.05) is 0 Å². The highest BCUT2D eigenvalue weighted by molar-refractivity contribution is 5.56. The average molecular weight is 278 g/mol. The smallest absolute Gasteiger partial charge is 0.329 e. The van der Waals surface area contributed by atoms with E-state index in [0.717, 1.165) is 12.0 Å². The Balaban J connectivity index is 2.07. The van der Waals surface area contributed by atoms with Crippen molar-refractivity contribution in [3.8, 4) is 0 Å². The number of hydrogen-bond donors (Lipinski definition) is 3. The van der Waals surface area contributed by atoms with E-state index >= 15 is 0 Å². The zero-order valence-corrected chi connectivity index (χ0v) is 10.8. The van der Waals surface area contributed by atoms with Gasteiger partial charge in [0.15, 0.2) is 0 Å². The minimum absolute atomic E-state index is 0.107. The molecule has 0 atom stereocenters. The highest BCUT2D eigenvalue weighted by atomic mass is 16.6. The normalized spacial score (nSPS) is 10.3. The van der Waals surface area contributed by atoms with Crippen LogP contribution < -0.4 is 16.6 Å². The summed E-state index contributed by atoms with van der Waals surface area (Å²) in [4.78, 5) is 22.1. The van der Waals surface area contributed by atoms with Crippen LogP contribution in [0.15, 0.2) is 18.6 Å². The molecule has 0 bridgehead atoms. The molecule has 0 saturated heterocycles. The summed E-state index contributed by atoms with van der Waals surface area (Å²) in [5.41, 5.74) is 2.04. The number of nitrogens with one attached hydrogen (secondary N) is 2. The molecule has 0 aromatic carbocycles. The molecule has 10 nitrogen and oxygen atoms in total. The van der Waals surface area contributed by atoms with Crippen molar-refractivity contribution in [3.05, 3.63) is 34.5 Å². The van der Waals surface area contributed by atoms with E-state index in [-0.39, 0.29) is 17.5 Å². The first-order valence-corrected chi connectivity index (χ1v) is 5.80. The number of nitro groups is 1. The molecule has 4 N–H and O–H groups in total. The van der Waals surface area contributed by atoms with E-state index in [2.05, 4.69) is 25.7 Å². The van der Waals surface area contributed by atoms with Gasteiger partial charge in [0, 0.05) is 32.4 Å². The Morgan fingerprint density at radius 1 is 1.50 bits per heavy atom. The van der Waals surface area contributed by atoms with E-state index in [1.54, 1.807) is 6.20 Å². The number of nitrogens with two attached hydrogens (primary N) is 1. The number of hydrogen-bond acceptors (Lipinski definition) is 8. The fraction of sp³-hybridized carbons (Fsp3) is 0.300. The third kappa shape index (κ3) is 2.98. The topological polar surface area (TPSA) is 137 Å². The van der Waals surface area contributed by atoms with Crippen molar-refractivity contribution in [1.82, 2.24) is 19.5 Å². The molecule has 2 heterocycles. The fourth-order valence-corrected chi connectivity index (χ4v) is 1.64. The SMILES string of the molecule is Cn1ccnc1CCNc1nc(NN)ncc1[N+](=O)[O-]. The maximum Gasteiger partial charge on any atom is 0.329 e. The van der Waals surface area contributed by atoms with Gasteiger partial charge >= 0.3 is 5.69 Å². The largest absolute Gasteiger partial charge is 0.364 e. The summed E-state index contributed by atoms with van der Waals surface area (Å²) in [6, 6.07) is 0. The number of anilines is 2. The number of hydrazine groups is 1. The van der Waals surface area contributed by atoms with Crippen molar-refractivity contribution < 1.29 is 4.92 Å². The van der Waals surface area contributed by atoms with Crippen LogP contribution in [0.2, 0.25) is 0 Å². The minimum atomic E-state index is -0.552. The van der Waals surface area contributed by atoms with E-state index < -0.39 is 4.92 Å². The minimum Gasteiger partial charge on any atom is -0.364 e. The van der Waals surface area contributed by atoms with Gasteiger partial charge in [-0.3, -0.25) is 15.5 Å². The lowest BCUT2D eigenvalue weighted by molar-refractivity contribution is -0.384. The standard InChI is InChI=1S/C10H14N8O2/c1-17-5-4-12-8(17)2-3-13-9-7(18(19)20)6-14-10(15-9)16-11/h4-6H,2-3,11H2,1H3,(H2,13,14,15,16). The molecule has 2 rings (SSSR count). The lowest BCUT2D eigenvalue weighted by Crippen LogP contribution is -2.15. The van der Waals surface area contributed by atoms with Crippen LogP contribution in [-0.4, -0.2) is 31.0 Å². The first-order valence-electron chi connectivity index (χ1n) is 5.80. The maximum absolute atomic E-state index is 10.9. The van der Waals surface area contributed by atoms with Gasteiger partial charge in [-0.2, -0.15) is 4.98 Å². The van der Waals surface area contributed by atoms with Crippen LogP contribution >= 0.6 is 0 Å². The van der Waals surface area contributed by atoms with E-state index in [1.807, 2.05) is 17.8 Å². The van der Waals surface area contributed by atoms with Crippen LogP contribution in [-0.2, 0) is 13.5 Å². The summed E-state index contributed by atoms with van der Waals surface area (Å²) >= 11 is 0. The van der Waals surface area contributed by atoms with Crippen molar-refractivity contribution in [1.29, 1.82) is 0 Å². The van der Waals surface area contributed by atoms with Crippen molar-refractivity contribution in [2.75, 3.05) is 17.3 Å². The van der Waals surface area contributed by atoms with Gasteiger partial charge in [0.25, 0.3) is 0 Å². The Labute approximate surface area is 114 Å². The highest BCUT2D eigenvalue weighted by Gasteiger charge is 2.16. The molecule has 0 unspecified atom stereocenters. The van der Waals surface area contributed by atoms with E-state index in [0.29, 0.717) is 13.0 Å². The molecule has 2 aromatic rings. The lowest BCUT2D eigenvalue weighted by Gasteiger charge is -2.07. The van der Waals surface area contributed by atoms with Gasteiger partial charge in [0.1, 0.15) is 12.0 Å². The first kappa shape index (κ1) is 13.7. The van der Waals surface area contributed by atoms with Gasteiger partial charge in [-0.15, -0.1) is 0 Å². The zero-order valence-electron chi connectivity index (χ0n) is 10.8. The van der Waals surface area contributed by atoms with Crippen molar-refractivity contribution in [3.63, 3.8) is 0 Å². The molecule has 2 aromatic heterocycles. The van der Waals surface area contributed by atoms with Gasteiger partial charge in [-0.25, -0.2) is 15.8 Å². The quantitative estimate of drug-likeness (QED) is 0.383. The first-order chi connectivity index (χ1) is 9.61. The van der Waals surface area contributed by atoms with Crippen molar-refractivity contribution in [2.24, 2.45) is 12.9 Å². The molecule has 0 aliphatic heterocycles. The summed E-state index contributed by atoms with van der Waals surface area (Å²) in [6.45, 7) is 0.451. The Bertz CT molecular complexity index is 611. The Kier molecular flexibility index (Phi) is 4.05.